The minimum atomic E-state index is -0.778. The molecular weight excluding hydrogens is 416 g/mol. The fourth-order valence-electron chi connectivity index (χ4n) is 4.55. The minimum absolute atomic E-state index is 0.380. The predicted octanol–water partition coefficient (Wildman–Crippen LogP) is 4.47. The smallest absolute Gasteiger partial charge is 0.0462 e. The molecule has 3 unspecified atom stereocenters. The Morgan fingerprint density at radius 2 is 1.78 bits per heavy atom. The van der Waals surface area contributed by atoms with Crippen LogP contribution in [0.1, 0.15) is 27.2 Å². The van der Waals surface area contributed by atoms with Crippen molar-refractivity contribution in [3.63, 3.8) is 0 Å². The minimum Gasteiger partial charge on any atom is -0.396 e. The molecule has 0 bridgehead atoms. The highest BCUT2D eigenvalue weighted by Crippen LogP contribution is 2.36. The number of hydrogen-bond donors (Lipinski definition) is 1. The maximum atomic E-state index is 9.87. The zero-order valence-electron chi connectivity index (χ0n) is 17.5. The first-order valence-corrected chi connectivity index (χ1v) is 13.9. The average molecular weight is 454 g/mol. The van der Waals surface area contributed by atoms with Crippen LogP contribution in [0.15, 0.2) is 28.7 Å². The lowest BCUT2D eigenvalue weighted by Gasteiger charge is -2.46. The van der Waals surface area contributed by atoms with Gasteiger partial charge in [0.2, 0.25) is 0 Å². The molecule has 152 valence electrons. The molecule has 2 fully saturated rings. The van der Waals surface area contributed by atoms with Crippen LogP contribution in [-0.4, -0.2) is 58.1 Å². The fraction of sp³-hybridized carbons (Fsp3) is 0.727. The number of aliphatic hydroxyl groups excluding tert-OH is 1. The molecule has 0 aromatic heterocycles. The molecule has 2 aliphatic rings. The van der Waals surface area contributed by atoms with Crippen LogP contribution >= 0.6 is 15.9 Å². The van der Waals surface area contributed by atoms with Gasteiger partial charge in [0.15, 0.2) is 0 Å². The maximum absolute atomic E-state index is 9.87. The molecule has 1 aromatic rings. The Labute approximate surface area is 175 Å². The molecular formula is C22H37BrN2OSi. The molecule has 2 saturated heterocycles. The normalized spacial score (nSPS) is 26.1. The predicted molar refractivity (Wildman–Crippen MR) is 123 cm³/mol. The number of piperidine rings is 1. The second kappa shape index (κ2) is 8.98. The third-order valence-corrected chi connectivity index (χ3v) is 11.8. The molecule has 2 aliphatic heterocycles. The lowest BCUT2D eigenvalue weighted by Crippen LogP contribution is -2.54. The Hall–Kier alpha value is -0.363. The summed E-state index contributed by atoms with van der Waals surface area (Å²) < 4.78 is 1.15. The number of hydrogen-bond acceptors (Lipinski definition) is 3. The van der Waals surface area contributed by atoms with Crippen LogP contribution in [0.3, 0.4) is 0 Å². The quantitative estimate of drug-likeness (QED) is 0.644. The number of benzene rings is 1. The molecule has 1 aromatic carbocycles. The molecule has 3 nitrogen and oxygen atoms in total. The van der Waals surface area contributed by atoms with Gasteiger partial charge in [-0.25, -0.2) is 0 Å². The van der Waals surface area contributed by atoms with Gasteiger partial charge in [0, 0.05) is 57.7 Å². The summed E-state index contributed by atoms with van der Waals surface area (Å²) in [6.07, 6.45) is 1.18. The first-order chi connectivity index (χ1) is 12.8. The number of anilines is 1. The number of likely N-dealkylation sites (tertiary alicyclic amines) is 1. The van der Waals surface area contributed by atoms with E-state index in [-0.39, 0.29) is 0 Å². The molecule has 0 radical (unpaired) electrons. The van der Waals surface area contributed by atoms with Gasteiger partial charge in [-0.1, -0.05) is 49.3 Å². The van der Waals surface area contributed by atoms with Gasteiger partial charge in [0.05, 0.1) is 0 Å². The first-order valence-electron chi connectivity index (χ1n) is 10.6. The summed E-state index contributed by atoms with van der Waals surface area (Å²) in [6, 6.07) is 10.1. The Bertz CT molecular complexity index is 597. The molecule has 0 spiro atoms. The number of aliphatic hydroxyl groups is 1. The van der Waals surface area contributed by atoms with Crippen molar-refractivity contribution in [1.29, 1.82) is 0 Å². The van der Waals surface area contributed by atoms with E-state index in [1.807, 2.05) is 0 Å². The second-order valence-electron chi connectivity index (χ2n) is 10.0. The van der Waals surface area contributed by atoms with Gasteiger partial charge in [-0.05, 0) is 54.1 Å². The van der Waals surface area contributed by atoms with Crippen LogP contribution in [-0.2, 0) is 0 Å². The van der Waals surface area contributed by atoms with Gasteiger partial charge in [0.1, 0.15) is 0 Å². The van der Waals surface area contributed by atoms with Crippen LogP contribution in [0.4, 0.5) is 5.69 Å². The fourth-order valence-corrected chi connectivity index (χ4v) is 6.96. The highest BCUT2D eigenvalue weighted by molar-refractivity contribution is 9.10. The van der Waals surface area contributed by atoms with Crippen LogP contribution in [0, 0.1) is 17.8 Å². The SMILES string of the molecule is C[SiH](CC1CN(CC2CN(c3ccc(Br)cc3)C2)CCC1CO)C(C)(C)C. The summed E-state index contributed by atoms with van der Waals surface area (Å²) in [5, 5.41) is 10.4. The average Bonchev–Trinajstić information content (AvgIpc) is 2.58. The number of halogens is 1. The third kappa shape index (κ3) is 5.59. The van der Waals surface area contributed by atoms with Crippen molar-refractivity contribution < 1.29 is 5.11 Å². The molecule has 3 rings (SSSR count). The zero-order chi connectivity index (χ0) is 19.6. The van der Waals surface area contributed by atoms with E-state index in [0.29, 0.717) is 23.5 Å². The molecule has 5 heteroatoms. The van der Waals surface area contributed by atoms with E-state index in [4.69, 9.17) is 0 Å². The Kier molecular flexibility index (Phi) is 7.10. The van der Waals surface area contributed by atoms with Gasteiger partial charge in [-0.15, -0.1) is 0 Å². The second-order valence-corrected chi connectivity index (χ2v) is 14.9. The largest absolute Gasteiger partial charge is 0.396 e. The Morgan fingerprint density at radius 1 is 1.11 bits per heavy atom. The van der Waals surface area contributed by atoms with Gasteiger partial charge in [-0.3, -0.25) is 0 Å². The summed E-state index contributed by atoms with van der Waals surface area (Å²) in [7, 11) is -0.778. The molecule has 27 heavy (non-hydrogen) atoms. The molecule has 0 amide bonds. The lowest BCUT2D eigenvalue weighted by atomic mass is 9.86. The van der Waals surface area contributed by atoms with Crippen molar-refractivity contribution in [3.8, 4) is 0 Å². The van der Waals surface area contributed by atoms with E-state index >= 15 is 0 Å². The monoisotopic (exact) mass is 452 g/mol. The van der Waals surface area contributed by atoms with Crippen molar-refractivity contribution in [3.05, 3.63) is 28.7 Å². The summed E-state index contributed by atoms with van der Waals surface area (Å²) in [5.41, 5.74) is 1.34. The number of rotatable bonds is 6. The van der Waals surface area contributed by atoms with Crippen molar-refractivity contribution in [2.75, 3.05) is 44.2 Å². The lowest BCUT2D eigenvalue weighted by molar-refractivity contribution is 0.0711. The highest BCUT2D eigenvalue weighted by atomic mass is 79.9. The molecule has 0 aliphatic carbocycles. The van der Waals surface area contributed by atoms with E-state index in [0.717, 1.165) is 10.4 Å². The van der Waals surface area contributed by atoms with Crippen molar-refractivity contribution in [1.82, 2.24) is 4.90 Å². The Morgan fingerprint density at radius 3 is 2.37 bits per heavy atom. The van der Waals surface area contributed by atoms with E-state index in [2.05, 4.69) is 77.3 Å². The van der Waals surface area contributed by atoms with Crippen molar-refractivity contribution in [2.45, 2.75) is 44.8 Å². The van der Waals surface area contributed by atoms with Gasteiger partial charge in [0.25, 0.3) is 0 Å². The van der Waals surface area contributed by atoms with E-state index < -0.39 is 8.80 Å². The van der Waals surface area contributed by atoms with Crippen molar-refractivity contribution >= 4 is 30.4 Å². The van der Waals surface area contributed by atoms with Crippen LogP contribution in [0.25, 0.3) is 0 Å². The Balaban J connectivity index is 1.49. The van der Waals surface area contributed by atoms with Gasteiger partial charge in [-0.2, -0.15) is 0 Å². The van der Waals surface area contributed by atoms with Crippen LogP contribution in [0.5, 0.6) is 0 Å². The van der Waals surface area contributed by atoms with Crippen LogP contribution < -0.4 is 4.90 Å². The molecule has 1 N–H and O–H groups in total. The van der Waals surface area contributed by atoms with E-state index in [1.165, 1.54) is 50.9 Å². The maximum Gasteiger partial charge on any atom is 0.0462 e. The summed E-state index contributed by atoms with van der Waals surface area (Å²) in [5.74, 6) is 2.02. The van der Waals surface area contributed by atoms with E-state index in [9.17, 15) is 5.11 Å². The van der Waals surface area contributed by atoms with Gasteiger partial charge < -0.3 is 14.9 Å². The summed E-state index contributed by atoms with van der Waals surface area (Å²) >= 11 is 3.52. The summed E-state index contributed by atoms with van der Waals surface area (Å²) in [4.78, 5) is 5.19. The highest BCUT2D eigenvalue weighted by Gasteiger charge is 2.35. The standard InChI is InChI=1S/C22H37BrN2OSi/c1-22(2,3)27(4)16-19-14-24(10-9-18(19)15-26)11-17-12-25(13-17)21-7-5-20(23)6-8-21/h5-8,17-19,26-27H,9-16H2,1-4H3. The number of nitrogens with zero attached hydrogens (tertiary/aromatic N) is 2. The summed E-state index contributed by atoms with van der Waals surface area (Å²) in [6.45, 7) is 16.1. The molecule has 3 atom stereocenters. The molecule has 2 heterocycles. The van der Waals surface area contributed by atoms with Crippen molar-refractivity contribution in [2.24, 2.45) is 17.8 Å². The van der Waals surface area contributed by atoms with Crippen LogP contribution in [0.2, 0.25) is 17.6 Å². The van der Waals surface area contributed by atoms with Gasteiger partial charge >= 0.3 is 0 Å². The van der Waals surface area contributed by atoms with E-state index in [1.54, 1.807) is 0 Å². The topological polar surface area (TPSA) is 26.7 Å². The first kappa shape index (κ1) is 21.3. The zero-order valence-corrected chi connectivity index (χ0v) is 20.2. The third-order valence-electron chi connectivity index (χ3n) is 7.01. The molecule has 0 saturated carbocycles.